The van der Waals surface area contributed by atoms with Crippen LogP contribution in [0.4, 0.5) is 0 Å². The number of H-pyrrole nitrogens is 1. The molecule has 14 heavy (non-hydrogen) atoms. The number of benzene rings is 1. The van der Waals surface area contributed by atoms with Crippen LogP contribution in [0.2, 0.25) is 0 Å². The summed E-state index contributed by atoms with van der Waals surface area (Å²) in [4.78, 5) is 3.24. The van der Waals surface area contributed by atoms with Crippen molar-refractivity contribution in [3.05, 3.63) is 47.2 Å². The molecule has 72 valence electrons. The zero-order valence-corrected chi connectivity index (χ0v) is 8.89. The molecule has 0 fully saturated rings. The van der Waals surface area contributed by atoms with Crippen LogP contribution < -0.4 is 0 Å². The predicted octanol–water partition coefficient (Wildman–Crippen LogP) is 3.61. The van der Waals surface area contributed by atoms with Crippen LogP contribution in [0, 0.1) is 20.8 Å². The van der Waals surface area contributed by atoms with Crippen molar-refractivity contribution in [2.24, 2.45) is 0 Å². The lowest BCUT2D eigenvalue weighted by molar-refractivity contribution is 1.25. The molecule has 0 amide bonds. The molecule has 2 aromatic rings. The van der Waals surface area contributed by atoms with Gasteiger partial charge < -0.3 is 4.98 Å². The van der Waals surface area contributed by atoms with Gasteiger partial charge in [-0.2, -0.15) is 0 Å². The van der Waals surface area contributed by atoms with Crippen LogP contribution in [0.25, 0.3) is 11.3 Å². The maximum atomic E-state index is 3.24. The fourth-order valence-electron chi connectivity index (χ4n) is 1.75. The highest BCUT2D eigenvalue weighted by molar-refractivity contribution is 5.66. The molecule has 0 aliphatic heterocycles. The van der Waals surface area contributed by atoms with Gasteiger partial charge in [-0.3, -0.25) is 0 Å². The minimum Gasteiger partial charge on any atom is -0.361 e. The average molecular weight is 185 g/mol. The van der Waals surface area contributed by atoms with Crippen LogP contribution in [0.1, 0.15) is 16.7 Å². The third-order valence-electron chi connectivity index (χ3n) is 2.95. The van der Waals surface area contributed by atoms with E-state index in [2.05, 4.69) is 44.0 Å². The molecule has 1 nitrogen and oxygen atoms in total. The van der Waals surface area contributed by atoms with Crippen molar-refractivity contribution in [3.63, 3.8) is 0 Å². The van der Waals surface area contributed by atoms with Gasteiger partial charge in [0, 0.05) is 17.5 Å². The molecule has 0 bridgehead atoms. The first-order valence-electron chi connectivity index (χ1n) is 4.90. The Morgan fingerprint density at radius 2 is 1.71 bits per heavy atom. The molecule has 0 unspecified atom stereocenters. The normalized spacial score (nSPS) is 10.5. The fraction of sp³-hybridized carbons (Fsp3) is 0.231. The average Bonchev–Trinajstić information content (AvgIpc) is 2.67. The van der Waals surface area contributed by atoms with Gasteiger partial charge in [-0.1, -0.05) is 12.1 Å². The van der Waals surface area contributed by atoms with Crippen molar-refractivity contribution in [3.8, 4) is 11.3 Å². The highest BCUT2D eigenvalue weighted by Crippen LogP contribution is 2.25. The van der Waals surface area contributed by atoms with Gasteiger partial charge in [-0.05, 0) is 49.6 Å². The summed E-state index contributed by atoms with van der Waals surface area (Å²) in [5.74, 6) is 0. The van der Waals surface area contributed by atoms with E-state index in [1.807, 2.05) is 12.3 Å². The SMILES string of the molecule is Cc1ccc(-c2ccc[nH]2)c(C)c1C. The van der Waals surface area contributed by atoms with E-state index in [4.69, 9.17) is 0 Å². The summed E-state index contributed by atoms with van der Waals surface area (Å²) in [6.45, 7) is 6.51. The van der Waals surface area contributed by atoms with Gasteiger partial charge in [0.05, 0.1) is 0 Å². The van der Waals surface area contributed by atoms with E-state index in [0.717, 1.165) is 0 Å². The summed E-state index contributed by atoms with van der Waals surface area (Å²) in [5, 5.41) is 0. The fourth-order valence-corrected chi connectivity index (χ4v) is 1.75. The molecule has 1 N–H and O–H groups in total. The predicted molar refractivity (Wildman–Crippen MR) is 60.4 cm³/mol. The summed E-state index contributed by atoms with van der Waals surface area (Å²) >= 11 is 0. The van der Waals surface area contributed by atoms with Crippen molar-refractivity contribution in [1.82, 2.24) is 4.98 Å². The molecule has 0 saturated heterocycles. The van der Waals surface area contributed by atoms with E-state index in [-0.39, 0.29) is 0 Å². The molecule has 0 aliphatic rings. The monoisotopic (exact) mass is 185 g/mol. The van der Waals surface area contributed by atoms with Crippen molar-refractivity contribution >= 4 is 0 Å². The molecule has 1 heterocycles. The maximum absolute atomic E-state index is 3.24. The van der Waals surface area contributed by atoms with Gasteiger partial charge in [-0.15, -0.1) is 0 Å². The van der Waals surface area contributed by atoms with E-state index in [1.54, 1.807) is 0 Å². The molecule has 0 spiro atoms. The van der Waals surface area contributed by atoms with E-state index in [0.29, 0.717) is 0 Å². The molecule has 0 radical (unpaired) electrons. The zero-order chi connectivity index (χ0) is 10.1. The number of aromatic nitrogens is 1. The topological polar surface area (TPSA) is 15.8 Å². The largest absolute Gasteiger partial charge is 0.361 e. The van der Waals surface area contributed by atoms with Crippen LogP contribution in [-0.4, -0.2) is 4.98 Å². The van der Waals surface area contributed by atoms with Gasteiger partial charge in [0.2, 0.25) is 0 Å². The minimum atomic E-state index is 1.20. The van der Waals surface area contributed by atoms with Gasteiger partial charge in [0.1, 0.15) is 0 Å². The maximum Gasteiger partial charge on any atom is 0.0456 e. The van der Waals surface area contributed by atoms with Crippen molar-refractivity contribution < 1.29 is 0 Å². The highest BCUT2D eigenvalue weighted by atomic mass is 14.7. The number of hydrogen-bond acceptors (Lipinski definition) is 0. The zero-order valence-electron chi connectivity index (χ0n) is 8.89. The smallest absolute Gasteiger partial charge is 0.0456 e. The molecular formula is C13H15N. The summed E-state index contributed by atoms with van der Waals surface area (Å²) in [6.07, 6.45) is 1.96. The number of aromatic amines is 1. The van der Waals surface area contributed by atoms with E-state index in [9.17, 15) is 0 Å². The third-order valence-corrected chi connectivity index (χ3v) is 2.95. The van der Waals surface area contributed by atoms with Crippen LogP contribution in [0.3, 0.4) is 0 Å². The molecule has 0 saturated carbocycles. The first-order chi connectivity index (χ1) is 6.70. The minimum absolute atomic E-state index is 1.20. The molecular weight excluding hydrogens is 170 g/mol. The molecule has 0 atom stereocenters. The van der Waals surface area contributed by atoms with E-state index < -0.39 is 0 Å². The summed E-state index contributed by atoms with van der Waals surface area (Å²) < 4.78 is 0. The number of rotatable bonds is 1. The Hall–Kier alpha value is -1.50. The summed E-state index contributed by atoms with van der Waals surface area (Å²) in [7, 11) is 0. The molecule has 0 aliphatic carbocycles. The number of aryl methyl sites for hydroxylation is 1. The van der Waals surface area contributed by atoms with Gasteiger partial charge in [0.25, 0.3) is 0 Å². The summed E-state index contributed by atoms with van der Waals surface area (Å²) in [6, 6.07) is 8.50. The Kier molecular flexibility index (Phi) is 2.16. The van der Waals surface area contributed by atoms with Crippen molar-refractivity contribution in [2.75, 3.05) is 0 Å². The van der Waals surface area contributed by atoms with Crippen LogP contribution in [-0.2, 0) is 0 Å². The molecule has 1 aromatic carbocycles. The second kappa shape index (κ2) is 3.33. The second-order valence-corrected chi connectivity index (χ2v) is 3.76. The first-order valence-corrected chi connectivity index (χ1v) is 4.90. The number of hydrogen-bond donors (Lipinski definition) is 1. The van der Waals surface area contributed by atoms with Crippen LogP contribution >= 0.6 is 0 Å². The highest BCUT2D eigenvalue weighted by Gasteiger charge is 2.05. The quantitative estimate of drug-likeness (QED) is 0.698. The van der Waals surface area contributed by atoms with E-state index in [1.165, 1.54) is 27.9 Å². The van der Waals surface area contributed by atoms with E-state index >= 15 is 0 Å². The number of nitrogens with one attached hydrogen (secondary N) is 1. The van der Waals surface area contributed by atoms with Gasteiger partial charge in [-0.25, -0.2) is 0 Å². The standard InChI is InChI=1S/C13H15N/c1-9-6-7-12(11(3)10(9)2)13-5-4-8-14-13/h4-8,14H,1-3H3. The third kappa shape index (κ3) is 1.35. The second-order valence-electron chi connectivity index (χ2n) is 3.76. The summed E-state index contributed by atoms with van der Waals surface area (Å²) in [5.41, 5.74) is 6.62. The van der Waals surface area contributed by atoms with Gasteiger partial charge in [0.15, 0.2) is 0 Å². The Labute approximate surface area is 84.8 Å². The Balaban J connectivity index is 2.61. The Morgan fingerprint density at radius 1 is 0.929 bits per heavy atom. The Morgan fingerprint density at radius 3 is 2.36 bits per heavy atom. The lowest BCUT2D eigenvalue weighted by atomic mass is 9.97. The van der Waals surface area contributed by atoms with Crippen molar-refractivity contribution in [2.45, 2.75) is 20.8 Å². The first kappa shape index (κ1) is 9.07. The van der Waals surface area contributed by atoms with Crippen LogP contribution in [0.15, 0.2) is 30.5 Å². The van der Waals surface area contributed by atoms with Crippen LogP contribution in [0.5, 0.6) is 0 Å². The molecule has 1 aromatic heterocycles. The Bertz CT molecular complexity index is 439. The van der Waals surface area contributed by atoms with Crippen molar-refractivity contribution in [1.29, 1.82) is 0 Å². The van der Waals surface area contributed by atoms with Gasteiger partial charge >= 0.3 is 0 Å². The lowest BCUT2D eigenvalue weighted by Crippen LogP contribution is -1.90. The molecule has 1 heteroatoms. The molecule has 2 rings (SSSR count). The lowest BCUT2D eigenvalue weighted by Gasteiger charge is -2.09.